The standard InChI is InChI=1S/C10H12BrN3/c1-12-5-4-7-2-3-8-9(6-7)13-14-10(8)11/h2-3,6,12H,4-5H2,1H3,(H,13,14). The van der Waals surface area contributed by atoms with E-state index < -0.39 is 0 Å². The molecule has 74 valence electrons. The molecule has 0 aliphatic carbocycles. The molecule has 2 aromatic rings. The SMILES string of the molecule is CNCCc1ccc2c(Br)[nH]nc2c1. The second kappa shape index (κ2) is 4.11. The van der Waals surface area contributed by atoms with Crippen LogP contribution in [0.25, 0.3) is 10.9 Å². The third-order valence-corrected chi connectivity index (χ3v) is 2.84. The zero-order chi connectivity index (χ0) is 9.97. The monoisotopic (exact) mass is 253 g/mol. The molecule has 3 nitrogen and oxygen atoms in total. The summed E-state index contributed by atoms with van der Waals surface area (Å²) in [6.45, 7) is 0.997. The Kier molecular flexibility index (Phi) is 2.84. The van der Waals surface area contributed by atoms with E-state index in [0.717, 1.165) is 28.5 Å². The smallest absolute Gasteiger partial charge is 0.108 e. The number of hydrogen-bond donors (Lipinski definition) is 2. The van der Waals surface area contributed by atoms with Gasteiger partial charge in [0.2, 0.25) is 0 Å². The molecule has 0 unspecified atom stereocenters. The van der Waals surface area contributed by atoms with Crippen molar-refractivity contribution >= 4 is 26.8 Å². The van der Waals surface area contributed by atoms with Crippen molar-refractivity contribution in [2.75, 3.05) is 13.6 Å². The maximum Gasteiger partial charge on any atom is 0.108 e. The van der Waals surface area contributed by atoms with Gasteiger partial charge >= 0.3 is 0 Å². The summed E-state index contributed by atoms with van der Waals surface area (Å²) in [5.74, 6) is 0. The van der Waals surface area contributed by atoms with Gasteiger partial charge in [0, 0.05) is 5.39 Å². The Bertz CT molecular complexity index is 436. The van der Waals surface area contributed by atoms with E-state index in [-0.39, 0.29) is 0 Å². The fourth-order valence-electron chi connectivity index (χ4n) is 1.45. The van der Waals surface area contributed by atoms with Crippen LogP contribution in [-0.2, 0) is 6.42 Å². The van der Waals surface area contributed by atoms with E-state index in [4.69, 9.17) is 0 Å². The molecule has 1 heterocycles. The van der Waals surface area contributed by atoms with Gasteiger partial charge < -0.3 is 5.32 Å². The summed E-state index contributed by atoms with van der Waals surface area (Å²) in [5.41, 5.74) is 2.33. The maximum absolute atomic E-state index is 4.19. The number of H-pyrrole nitrogens is 1. The van der Waals surface area contributed by atoms with Gasteiger partial charge in [-0.05, 0) is 53.6 Å². The van der Waals surface area contributed by atoms with Crippen LogP contribution in [0.15, 0.2) is 22.8 Å². The normalized spacial score (nSPS) is 11.0. The minimum absolute atomic E-state index is 0.952. The fourth-order valence-corrected chi connectivity index (χ4v) is 1.87. The van der Waals surface area contributed by atoms with Crippen LogP contribution in [0.3, 0.4) is 0 Å². The lowest BCUT2D eigenvalue weighted by molar-refractivity contribution is 0.792. The highest BCUT2D eigenvalue weighted by molar-refractivity contribution is 9.10. The summed E-state index contributed by atoms with van der Waals surface area (Å²) in [4.78, 5) is 0. The molecular weight excluding hydrogens is 242 g/mol. The Hall–Kier alpha value is -0.870. The number of nitrogens with one attached hydrogen (secondary N) is 2. The van der Waals surface area contributed by atoms with Gasteiger partial charge in [0.15, 0.2) is 0 Å². The Morgan fingerprint density at radius 2 is 2.36 bits per heavy atom. The molecule has 1 aromatic carbocycles. The van der Waals surface area contributed by atoms with E-state index in [9.17, 15) is 0 Å². The Balaban J connectivity index is 2.32. The lowest BCUT2D eigenvalue weighted by Gasteiger charge is -1.99. The van der Waals surface area contributed by atoms with Crippen LogP contribution in [0, 0.1) is 0 Å². The van der Waals surface area contributed by atoms with E-state index >= 15 is 0 Å². The third-order valence-electron chi connectivity index (χ3n) is 2.24. The number of aromatic nitrogens is 2. The minimum Gasteiger partial charge on any atom is -0.319 e. The van der Waals surface area contributed by atoms with Crippen molar-refractivity contribution in [2.45, 2.75) is 6.42 Å². The quantitative estimate of drug-likeness (QED) is 0.880. The number of halogens is 1. The summed E-state index contributed by atoms with van der Waals surface area (Å²) in [5, 5.41) is 11.4. The number of rotatable bonds is 3. The van der Waals surface area contributed by atoms with Crippen LogP contribution in [0.4, 0.5) is 0 Å². The molecular formula is C10H12BrN3. The zero-order valence-corrected chi connectivity index (χ0v) is 9.56. The highest BCUT2D eigenvalue weighted by atomic mass is 79.9. The van der Waals surface area contributed by atoms with Gasteiger partial charge in [-0.3, -0.25) is 5.10 Å². The molecule has 4 heteroatoms. The van der Waals surface area contributed by atoms with Crippen LogP contribution >= 0.6 is 15.9 Å². The molecule has 0 aliphatic rings. The minimum atomic E-state index is 0.952. The van der Waals surface area contributed by atoms with Crippen molar-refractivity contribution in [3.63, 3.8) is 0 Å². The van der Waals surface area contributed by atoms with Crippen LogP contribution in [-0.4, -0.2) is 23.8 Å². The number of nitrogens with zero attached hydrogens (tertiary/aromatic N) is 1. The first kappa shape index (κ1) is 9.68. The van der Waals surface area contributed by atoms with Gasteiger partial charge in [-0.2, -0.15) is 5.10 Å². The molecule has 0 amide bonds. The van der Waals surface area contributed by atoms with E-state index in [1.165, 1.54) is 5.56 Å². The van der Waals surface area contributed by atoms with Crippen LogP contribution in [0.5, 0.6) is 0 Å². The predicted octanol–water partition coefficient (Wildman–Crippen LogP) is 2.09. The number of benzene rings is 1. The first-order valence-electron chi connectivity index (χ1n) is 4.58. The molecule has 0 radical (unpaired) electrons. The highest BCUT2D eigenvalue weighted by Gasteiger charge is 2.02. The third kappa shape index (κ3) is 1.81. The summed E-state index contributed by atoms with van der Waals surface area (Å²) < 4.78 is 0.952. The molecule has 14 heavy (non-hydrogen) atoms. The van der Waals surface area contributed by atoms with Crippen molar-refractivity contribution in [3.05, 3.63) is 28.4 Å². The second-order valence-corrected chi connectivity index (χ2v) is 4.04. The number of aromatic amines is 1. The lowest BCUT2D eigenvalue weighted by atomic mass is 10.1. The topological polar surface area (TPSA) is 40.7 Å². The van der Waals surface area contributed by atoms with E-state index in [0.29, 0.717) is 0 Å². The molecule has 0 bridgehead atoms. The molecule has 0 spiro atoms. The summed E-state index contributed by atoms with van der Waals surface area (Å²) >= 11 is 3.41. The zero-order valence-electron chi connectivity index (χ0n) is 7.97. The largest absolute Gasteiger partial charge is 0.319 e. The molecule has 2 N–H and O–H groups in total. The molecule has 0 fully saturated rings. The van der Waals surface area contributed by atoms with Crippen LogP contribution in [0.2, 0.25) is 0 Å². The lowest BCUT2D eigenvalue weighted by Crippen LogP contribution is -2.10. The van der Waals surface area contributed by atoms with Crippen molar-refractivity contribution < 1.29 is 0 Å². The molecule has 1 aromatic heterocycles. The summed E-state index contributed by atoms with van der Waals surface area (Å²) in [6, 6.07) is 6.35. The average molecular weight is 254 g/mol. The highest BCUT2D eigenvalue weighted by Crippen LogP contribution is 2.21. The number of hydrogen-bond acceptors (Lipinski definition) is 2. The van der Waals surface area contributed by atoms with E-state index in [1.54, 1.807) is 0 Å². The molecule has 0 saturated heterocycles. The summed E-state index contributed by atoms with van der Waals surface area (Å²) in [6.07, 6.45) is 1.04. The van der Waals surface area contributed by atoms with E-state index in [1.807, 2.05) is 7.05 Å². The van der Waals surface area contributed by atoms with Gasteiger partial charge in [0.25, 0.3) is 0 Å². The first-order valence-corrected chi connectivity index (χ1v) is 5.37. The van der Waals surface area contributed by atoms with Crippen molar-refractivity contribution in [3.8, 4) is 0 Å². The predicted molar refractivity (Wildman–Crippen MR) is 61.4 cm³/mol. The summed E-state index contributed by atoms with van der Waals surface area (Å²) in [7, 11) is 1.96. The number of likely N-dealkylation sites (N-methyl/N-ethyl adjacent to an activating group) is 1. The van der Waals surface area contributed by atoms with Gasteiger partial charge in [0.1, 0.15) is 4.60 Å². The fraction of sp³-hybridized carbons (Fsp3) is 0.300. The Morgan fingerprint density at radius 3 is 3.14 bits per heavy atom. The van der Waals surface area contributed by atoms with Gasteiger partial charge in [0.05, 0.1) is 5.52 Å². The average Bonchev–Trinajstić information content (AvgIpc) is 2.57. The molecule has 0 aliphatic heterocycles. The van der Waals surface area contributed by atoms with Crippen molar-refractivity contribution in [1.29, 1.82) is 0 Å². The van der Waals surface area contributed by atoms with Gasteiger partial charge in [-0.1, -0.05) is 6.07 Å². The van der Waals surface area contributed by atoms with Gasteiger partial charge in [-0.15, -0.1) is 0 Å². The molecule has 2 rings (SSSR count). The molecule has 0 saturated carbocycles. The maximum atomic E-state index is 4.19. The number of fused-ring (bicyclic) bond motifs is 1. The van der Waals surface area contributed by atoms with E-state index in [2.05, 4.69) is 49.6 Å². The Labute approximate surface area is 91.0 Å². The van der Waals surface area contributed by atoms with Crippen LogP contribution in [0.1, 0.15) is 5.56 Å². The first-order chi connectivity index (χ1) is 6.81. The van der Waals surface area contributed by atoms with Gasteiger partial charge in [-0.25, -0.2) is 0 Å². The van der Waals surface area contributed by atoms with Crippen molar-refractivity contribution in [2.24, 2.45) is 0 Å². The Morgan fingerprint density at radius 1 is 1.50 bits per heavy atom. The second-order valence-electron chi connectivity index (χ2n) is 3.24. The molecule has 0 atom stereocenters. The van der Waals surface area contributed by atoms with Crippen LogP contribution < -0.4 is 5.32 Å². The van der Waals surface area contributed by atoms with Crippen molar-refractivity contribution in [1.82, 2.24) is 15.5 Å².